The average molecular weight is 280 g/mol. The van der Waals surface area contributed by atoms with Gasteiger partial charge >= 0.3 is 0 Å². The van der Waals surface area contributed by atoms with Crippen LogP contribution in [0.1, 0.15) is 17.8 Å². The topological polar surface area (TPSA) is 87.7 Å². The van der Waals surface area contributed by atoms with E-state index < -0.39 is 9.84 Å². The van der Waals surface area contributed by atoms with Gasteiger partial charge in [0.05, 0.1) is 23.6 Å². The third-order valence-corrected chi connectivity index (χ3v) is 5.08. The van der Waals surface area contributed by atoms with Crippen molar-refractivity contribution in [3.05, 3.63) is 23.7 Å². The van der Waals surface area contributed by atoms with Crippen molar-refractivity contribution in [2.75, 3.05) is 11.5 Å². The molecule has 7 heteroatoms. The molecule has 1 fully saturated rings. The van der Waals surface area contributed by atoms with Crippen LogP contribution in [0.15, 0.2) is 12.3 Å². The maximum atomic E-state index is 11.4. The Hall–Kier alpha value is -1.47. The predicted octanol–water partition coefficient (Wildman–Crippen LogP) is 0.543. The number of hydrogen-bond donors (Lipinski definition) is 2. The second-order valence-corrected chi connectivity index (χ2v) is 7.28. The number of aromatic amines is 1. The summed E-state index contributed by atoms with van der Waals surface area (Å²) in [4.78, 5) is 11.8. The van der Waals surface area contributed by atoms with Crippen molar-refractivity contribution in [2.24, 2.45) is 0 Å². The average Bonchev–Trinajstić information content (AvgIpc) is 2.89. The van der Waals surface area contributed by atoms with Crippen molar-refractivity contribution in [3.63, 3.8) is 0 Å². The second-order valence-electron chi connectivity index (χ2n) is 5.05. The molecule has 102 valence electrons. The first-order valence-corrected chi connectivity index (χ1v) is 8.09. The van der Waals surface area contributed by atoms with Crippen molar-refractivity contribution in [1.82, 2.24) is 20.3 Å². The van der Waals surface area contributed by atoms with Gasteiger partial charge in [0.1, 0.15) is 5.82 Å². The maximum Gasteiger partial charge on any atom is 0.177 e. The van der Waals surface area contributed by atoms with E-state index in [1.807, 2.05) is 13.0 Å². The number of hydrogen-bond acceptors (Lipinski definition) is 5. The number of rotatable bonds is 3. The maximum absolute atomic E-state index is 11.4. The van der Waals surface area contributed by atoms with Gasteiger partial charge in [-0.15, -0.1) is 0 Å². The Morgan fingerprint density at radius 2 is 2.37 bits per heavy atom. The molecule has 1 saturated heterocycles. The minimum atomic E-state index is -2.84. The van der Waals surface area contributed by atoms with E-state index >= 15 is 0 Å². The van der Waals surface area contributed by atoms with Gasteiger partial charge in [0.15, 0.2) is 15.5 Å². The summed E-state index contributed by atoms with van der Waals surface area (Å²) in [5, 5.41) is 3.23. The van der Waals surface area contributed by atoms with Gasteiger partial charge < -0.3 is 10.3 Å². The number of sulfone groups is 1. The summed E-state index contributed by atoms with van der Waals surface area (Å²) >= 11 is 0. The minimum absolute atomic E-state index is 0.0351. The number of imidazole rings is 1. The molecule has 1 aliphatic rings. The van der Waals surface area contributed by atoms with Crippen molar-refractivity contribution in [2.45, 2.75) is 25.9 Å². The molecular formula is C12H16N4O2S. The summed E-state index contributed by atoms with van der Waals surface area (Å²) in [5.41, 5.74) is 2.69. The van der Waals surface area contributed by atoms with Crippen LogP contribution in [0, 0.1) is 6.92 Å². The van der Waals surface area contributed by atoms with E-state index in [0.717, 1.165) is 16.9 Å². The number of fused-ring (bicyclic) bond motifs is 1. The third kappa shape index (κ3) is 2.76. The van der Waals surface area contributed by atoms with Gasteiger partial charge in [-0.2, -0.15) is 0 Å². The van der Waals surface area contributed by atoms with Crippen LogP contribution >= 0.6 is 0 Å². The number of aryl methyl sites for hydroxylation is 1. The van der Waals surface area contributed by atoms with Gasteiger partial charge in [-0.25, -0.2) is 18.4 Å². The summed E-state index contributed by atoms with van der Waals surface area (Å²) in [6, 6.07) is 2.03. The van der Waals surface area contributed by atoms with E-state index in [1.54, 1.807) is 6.20 Å². The molecule has 19 heavy (non-hydrogen) atoms. The van der Waals surface area contributed by atoms with Crippen LogP contribution in [0.4, 0.5) is 0 Å². The van der Waals surface area contributed by atoms with E-state index in [4.69, 9.17) is 0 Å². The molecule has 0 spiro atoms. The van der Waals surface area contributed by atoms with E-state index in [9.17, 15) is 8.42 Å². The first kappa shape index (κ1) is 12.6. The summed E-state index contributed by atoms with van der Waals surface area (Å²) in [6.45, 7) is 2.52. The normalized spacial score (nSPS) is 22.1. The second kappa shape index (κ2) is 4.57. The number of H-pyrrole nitrogens is 1. The molecule has 1 aliphatic heterocycles. The van der Waals surface area contributed by atoms with Crippen LogP contribution in [-0.4, -0.2) is 40.9 Å². The van der Waals surface area contributed by atoms with Crippen molar-refractivity contribution in [1.29, 1.82) is 0 Å². The quantitative estimate of drug-likeness (QED) is 0.857. The Morgan fingerprint density at radius 3 is 3.11 bits per heavy atom. The first-order valence-electron chi connectivity index (χ1n) is 6.27. The highest BCUT2D eigenvalue weighted by Gasteiger charge is 2.27. The van der Waals surface area contributed by atoms with Gasteiger partial charge in [0, 0.05) is 12.2 Å². The van der Waals surface area contributed by atoms with Crippen LogP contribution in [-0.2, 0) is 16.4 Å². The molecule has 0 aromatic carbocycles. The van der Waals surface area contributed by atoms with Crippen molar-refractivity contribution in [3.8, 4) is 0 Å². The fourth-order valence-corrected chi connectivity index (χ4v) is 4.04. The third-order valence-electron chi connectivity index (χ3n) is 3.31. The predicted molar refractivity (Wildman–Crippen MR) is 72.5 cm³/mol. The zero-order valence-electron chi connectivity index (χ0n) is 10.7. The Labute approximate surface area is 111 Å². The molecule has 0 saturated carbocycles. The van der Waals surface area contributed by atoms with Gasteiger partial charge in [-0.3, -0.25) is 0 Å². The lowest BCUT2D eigenvalue weighted by atomic mass is 10.2. The zero-order chi connectivity index (χ0) is 13.5. The molecule has 6 nitrogen and oxygen atoms in total. The van der Waals surface area contributed by atoms with Crippen LogP contribution in [0.25, 0.3) is 11.2 Å². The monoisotopic (exact) mass is 280 g/mol. The van der Waals surface area contributed by atoms with Crippen LogP contribution in [0.2, 0.25) is 0 Å². The van der Waals surface area contributed by atoms with Gasteiger partial charge in [-0.1, -0.05) is 0 Å². The molecule has 0 radical (unpaired) electrons. The SMILES string of the molecule is Cc1cnc2nc(CNC3CCS(=O)(=O)C3)[nH]c2c1. The zero-order valence-corrected chi connectivity index (χ0v) is 11.5. The number of nitrogens with one attached hydrogen (secondary N) is 2. The Morgan fingerprint density at radius 1 is 1.53 bits per heavy atom. The largest absolute Gasteiger partial charge is 0.340 e. The highest BCUT2D eigenvalue weighted by atomic mass is 32.2. The molecule has 1 atom stereocenters. The van der Waals surface area contributed by atoms with Crippen molar-refractivity contribution < 1.29 is 8.42 Å². The Kier molecular flexibility index (Phi) is 3.02. The van der Waals surface area contributed by atoms with Crippen molar-refractivity contribution >= 4 is 21.0 Å². The molecule has 0 aliphatic carbocycles. The highest BCUT2D eigenvalue weighted by Crippen LogP contribution is 2.13. The molecular weight excluding hydrogens is 264 g/mol. The van der Waals surface area contributed by atoms with E-state index in [-0.39, 0.29) is 17.5 Å². The summed E-state index contributed by atoms with van der Waals surface area (Å²) in [6.07, 6.45) is 2.46. The van der Waals surface area contributed by atoms with Gasteiger partial charge in [-0.05, 0) is 25.0 Å². The molecule has 0 bridgehead atoms. The summed E-state index contributed by atoms with van der Waals surface area (Å²) in [5.74, 6) is 1.30. The Bertz CT molecular complexity index is 708. The fourth-order valence-electron chi connectivity index (χ4n) is 2.34. The first-order chi connectivity index (χ1) is 9.02. The molecule has 3 rings (SSSR count). The van der Waals surface area contributed by atoms with Crippen LogP contribution < -0.4 is 5.32 Å². The lowest BCUT2D eigenvalue weighted by Gasteiger charge is -2.08. The fraction of sp³-hybridized carbons (Fsp3) is 0.500. The molecule has 2 aromatic heterocycles. The van der Waals surface area contributed by atoms with Crippen LogP contribution in [0.3, 0.4) is 0 Å². The number of nitrogens with zero attached hydrogens (tertiary/aromatic N) is 2. The lowest BCUT2D eigenvalue weighted by molar-refractivity contribution is 0.544. The molecule has 2 aromatic rings. The van der Waals surface area contributed by atoms with E-state index in [0.29, 0.717) is 18.6 Å². The molecule has 1 unspecified atom stereocenters. The van der Waals surface area contributed by atoms with E-state index in [2.05, 4.69) is 20.3 Å². The Balaban J connectivity index is 1.69. The lowest BCUT2D eigenvalue weighted by Crippen LogP contribution is -2.29. The van der Waals surface area contributed by atoms with E-state index in [1.165, 1.54) is 0 Å². The minimum Gasteiger partial charge on any atom is -0.340 e. The number of pyridine rings is 1. The standard InChI is InChI=1S/C12H16N4O2S/c1-8-4-10-12(14-5-8)16-11(15-10)6-13-9-2-3-19(17,18)7-9/h4-5,9,13H,2-3,6-7H2,1H3,(H,14,15,16). The van der Waals surface area contributed by atoms with Gasteiger partial charge in [0.2, 0.25) is 0 Å². The summed E-state index contributed by atoms with van der Waals surface area (Å²) in [7, 11) is -2.84. The molecule has 2 N–H and O–H groups in total. The summed E-state index contributed by atoms with van der Waals surface area (Å²) < 4.78 is 22.7. The van der Waals surface area contributed by atoms with Gasteiger partial charge in [0.25, 0.3) is 0 Å². The highest BCUT2D eigenvalue weighted by molar-refractivity contribution is 7.91. The smallest absolute Gasteiger partial charge is 0.177 e. The molecule has 0 amide bonds. The van der Waals surface area contributed by atoms with Crippen LogP contribution in [0.5, 0.6) is 0 Å². The number of aromatic nitrogens is 3. The molecule has 3 heterocycles.